The third kappa shape index (κ3) is 2.22. The van der Waals surface area contributed by atoms with Gasteiger partial charge in [0.25, 0.3) is 0 Å². The summed E-state index contributed by atoms with van der Waals surface area (Å²) in [6.45, 7) is 3.03. The monoisotopic (exact) mass is 280 g/mol. The van der Waals surface area contributed by atoms with Crippen molar-refractivity contribution in [3.8, 4) is 0 Å². The minimum absolute atomic E-state index is 0.00433. The Bertz CT molecular complexity index is 423. The van der Waals surface area contributed by atoms with E-state index in [1.807, 2.05) is 11.8 Å². The van der Waals surface area contributed by atoms with Crippen LogP contribution in [-0.4, -0.2) is 48.1 Å². The molecule has 1 heterocycles. The van der Waals surface area contributed by atoms with E-state index in [0.717, 1.165) is 32.1 Å². The molecular formula is C15H24N2O3. The largest absolute Gasteiger partial charge is 0.376 e. The number of carbonyl (C=O) groups is 2. The number of nitrogens with one attached hydrogen (secondary N) is 1. The maximum Gasteiger partial charge on any atom is 0.248 e. The second kappa shape index (κ2) is 4.72. The van der Waals surface area contributed by atoms with Gasteiger partial charge in [-0.15, -0.1) is 0 Å². The fraction of sp³-hybridized carbons (Fsp3) is 0.867. The molecule has 3 rings (SSSR count). The Hall–Kier alpha value is -1.10. The zero-order valence-electron chi connectivity index (χ0n) is 12.4. The predicted octanol–water partition coefficient (Wildman–Crippen LogP) is 1.07. The molecule has 3 aliphatic rings. The molecule has 2 aliphatic carbocycles. The molecule has 1 N–H and O–H groups in total. The Balaban J connectivity index is 1.79. The van der Waals surface area contributed by atoms with Crippen molar-refractivity contribution in [2.24, 2.45) is 5.92 Å². The zero-order valence-corrected chi connectivity index (χ0v) is 12.4. The van der Waals surface area contributed by atoms with Crippen molar-refractivity contribution in [1.29, 1.82) is 0 Å². The number of rotatable bonds is 4. The first-order valence-electron chi connectivity index (χ1n) is 7.65. The van der Waals surface area contributed by atoms with Gasteiger partial charge in [-0.1, -0.05) is 0 Å². The molecule has 0 aromatic carbocycles. The molecule has 1 saturated heterocycles. The summed E-state index contributed by atoms with van der Waals surface area (Å²) < 4.78 is 5.64. The van der Waals surface area contributed by atoms with Crippen molar-refractivity contribution < 1.29 is 14.3 Å². The summed E-state index contributed by atoms with van der Waals surface area (Å²) in [6.07, 6.45) is 5.64. The molecule has 20 heavy (non-hydrogen) atoms. The summed E-state index contributed by atoms with van der Waals surface area (Å²) in [5.41, 5.74) is -0.875. The van der Waals surface area contributed by atoms with Gasteiger partial charge in [0, 0.05) is 26.6 Å². The topological polar surface area (TPSA) is 58.6 Å². The summed E-state index contributed by atoms with van der Waals surface area (Å²) in [4.78, 5) is 26.7. The van der Waals surface area contributed by atoms with Crippen LogP contribution in [0.15, 0.2) is 0 Å². The highest BCUT2D eigenvalue weighted by molar-refractivity contribution is 5.93. The number of amides is 2. The quantitative estimate of drug-likeness (QED) is 0.838. The molecule has 1 atom stereocenters. The fourth-order valence-corrected chi connectivity index (χ4v) is 3.51. The highest BCUT2D eigenvalue weighted by atomic mass is 16.5. The van der Waals surface area contributed by atoms with E-state index in [4.69, 9.17) is 4.74 Å². The molecule has 0 aromatic rings. The molecular weight excluding hydrogens is 256 g/mol. The summed E-state index contributed by atoms with van der Waals surface area (Å²) in [7, 11) is 1.73. The van der Waals surface area contributed by atoms with Crippen LogP contribution >= 0.6 is 0 Å². The van der Waals surface area contributed by atoms with Crippen LogP contribution in [0.1, 0.15) is 45.4 Å². The molecule has 5 heteroatoms. The van der Waals surface area contributed by atoms with Crippen molar-refractivity contribution >= 4 is 11.8 Å². The van der Waals surface area contributed by atoms with Gasteiger partial charge in [0.05, 0.1) is 5.60 Å². The van der Waals surface area contributed by atoms with Gasteiger partial charge in [0.15, 0.2) is 0 Å². The zero-order chi connectivity index (χ0) is 14.4. The van der Waals surface area contributed by atoms with Crippen LogP contribution in [0.3, 0.4) is 0 Å². The normalized spacial score (nSPS) is 33.4. The molecule has 5 nitrogen and oxygen atoms in total. The first-order chi connectivity index (χ1) is 9.49. The molecule has 1 aliphatic heterocycles. The van der Waals surface area contributed by atoms with Crippen molar-refractivity contribution in [3.05, 3.63) is 0 Å². The number of nitrogens with zero attached hydrogens (tertiary/aromatic N) is 1. The maximum atomic E-state index is 12.9. The number of ether oxygens (including phenoxy) is 1. The highest BCUT2D eigenvalue weighted by Crippen LogP contribution is 2.42. The second-order valence-corrected chi connectivity index (χ2v) is 6.74. The van der Waals surface area contributed by atoms with Crippen molar-refractivity contribution in [2.75, 3.05) is 20.2 Å². The molecule has 0 spiro atoms. The Morgan fingerprint density at radius 3 is 2.55 bits per heavy atom. The minimum atomic E-state index is -0.702. The van der Waals surface area contributed by atoms with E-state index in [2.05, 4.69) is 5.32 Å². The predicted molar refractivity (Wildman–Crippen MR) is 74.1 cm³/mol. The first kappa shape index (κ1) is 13.9. The SMILES string of the molecule is COC1(CN2CCC(=O)NC(C)(C3CC3)C2=O)CCC1. The fourth-order valence-electron chi connectivity index (χ4n) is 3.51. The van der Waals surface area contributed by atoms with Crippen LogP contribution in [0.2, 0.25) is 0 Å². The molecule has 112 valence electrons. The number of hydrogen-bond donors (Lipinski definition) is 1. The van der Waals surface area contributed by atoms with Crippen LogP contribution < -0.4 is 5.32 Å². The number of carbonyl (C=O) groups excluding carboxylic acids is 2. The van der Waals surface area contributed by atoms with E-state index in [0.29, 0.717) is 25.4 Å². The van der Waals surface area contributed by atoms with Gasteiger partial charge in [-0.25, -0.2) is 0 Å². The smallest absolute Gasteiger partial charge is 0.248 e. The van der Waals surface area contributed by atoms with E-state index in [-0.39, 0.29) is 17.4 Å². The van der Waals surface area contributed by atoms with E-state index in [1.165, 1.54) is 0 Å². The molecule has 3 fully saturated rings. The lowest BCUT2D eigenvalue weighted by Gasteiger charge is -2.44. The van der Waals surface area contributed by atoms with E-state index in [1.54, 1.807) is 7.11 Å². The van der Waals surface area contributed by atoms with Gasteiger partial charge in [-0.3, -0.25) is 9.59 Å². The molecule has 2 amide bonds. The Morgan fingerprint density at radius 1 is 1.35 bits per heavy atom. The highest BCUT2D eigenvalue weighted by Gasteiger charge is 2.52. The summed E-state index contributed by atoms with van der Waals surface area (Å²) in [5.74, 6) is 0.379. The van der Waals surface area contributed by atoms with Crippen LogP contribution in [0.25, 0.3) is 0 Å². The third-order valence-corrected chi connectivity index (χ3v) is 5.31. The van der Waals surface area contributed by atoms with Crippen LogP contribution in [0, 0.1) is 5.92 Å². The van der Waals surface area contributed by atoms with Crippen LogP contribution in [-0.2, 0) is 14.3 Å². The molecule has 0 bridgehead atoms. The first-order valence-corrected chi connectivity index (χ1v) is 7.65. The van der Waals surface area contributed by atoms with Gasteiger partial charge < -0.3 is 15.0 Å². The van der Waals surface area contributed by atoms with Gasteiger partial charge in [-0.05, 0) is 44.9 Å². The Kier molecular flexibility index (Phi) is 3.27. The maximum absolute atomic E-state index is 12.9. The van der Waals surface area contributed by atoms with Gasteiger partial charge in [0.1, 0.15) is 5.54 Å². The summed E-state index contributed by atoms with van der Waals surface area (Å²) >= 11 is 0. The standard InChI is InChI=1S/C15H24N2O3/c1-14(11-4-5-11)13(19)17(9-6-12(18)16-14)10-15(20-2)7-3-8-15/h11H,3-10H2,1-2H3,(H,16,18). The average molecular weight is 280 g/mol. The van der Waals surface area contributed by atoms with Gasteiger partial charge >= 0.3 is 0 Å². The van der Waals surface area contributed by atoms with Gasteiger partial charge in [0.2, 0.25) is 11.8 Å². The lowest BCUT2D eigenvalue weighted by Crippen LogP contribution is -2.59. The second-order valence-electron chi connectivity index (χ2n) is 6.74. The van der Waals surface area contributed by atoms with E-state index in [9.17, 15) is 9.59 Å². The number of methoxy groups -OCH3 is 1. The molecule has 0 aromatic heterocycles. The van der Waals surface area contributed by atoms with Crippen molar-refractivity contribution in [2.45, 2.75) is 56.6 Å². The lowest BCUT2D eigenvalue weighted by atomic mass is 9.79. The van der Waals surface area contributed by atoms with Crippen LogP contribution in [0.4, 0.5) is 0 Å². The third-order valence-electron chi connectivity index (χ3n) is 5.31. The summed E-state index contributed by atoms with van der Waals surface area (Å²) in [5, 5.41) is 2.97. The minimum Gasteiger partial charge on any atom is -0.376 e. The van der Waals surface area contributed by atoms with Crippen molar-refractivity contribution in [3.63, 3.8) is 0 Å². The molecule has 1 unspecified atom stereocenters. The lowest BCUT2D eigenvalue weighted by molar-refractivity contribution is -0.147. The molecule has 2 saturated carbocycles. The van der Waals surface area contributed by atoms with Crippen molar-refractivity contribution in [1.82, 2.24) is 10.2 Å². The van der Waals surface area contributed by atoms with Gasteiger partial charge in [-0.2, -0.15) is 0 Å². The summed E-state index contributed by atoms with van der Waals surface area (Å²) in [6, 6.07) is 0. The molecule has 0 radical (unpaired) electrons. The Labute approximate surface area is 120 Å². The van der Waals surface area contributed by atoms with E-state index >= 15 is 0 Å². The van der Waals surface area contributed by atoms with E-state index < -0.39 is 5.54 Å². The number of hydrogen-bond acceptors (Lipinski definition) is 3. The average Bonchev–Trinajstić information content (AvgIpc) is 3.20. The van der Waals surface area contributed by atoms with Crippen LogP contribution in [0.5, 0.6) is 0 Å². The Morgan fingerprint density at radius 2 is 2.05 bits per heavy atom.